The number of methoxy groups -OCH3 is 1. The van der Waals surface area contributed by atoms with Gasteiger partial charge in [-0.3, -0.25) is 9.69 Å². The van der Waals surface area contributed by atoms with Gasteiger partial charge in [0.2, 0.25) is 5.91 Å². The van der Waals surface area contributed by atoms with Gasteiger partial charge >= 0.3 is 6.09 Å². The summed E-state index contributed by atoms with van der Waals surface area (Å²) in [4.78, 5) is 28.1. The highest BCUT2D eigenvalue weighted by atomic mass is 35.5. The third-order valence-corrected chi connectivity index (χ3v) is 5.50. The second kappa shape index (κ2) is 8.23. The first-order valence-electron chi connectivity index (χ1n) is 8.68. The Kier molecular flexibility index (Phi) is 5.97. The molecule has 6 nitrogen and oxygen atoms in total. The highest BCUT2D eigenvalue weighted by molar-refractivity contribution is 6.42. The smallest absolute Gasteiger partial charge is 0.409 e. The van der Waals surface area contributed by atoms with Crippen LogP contribution in [0.4, 0.5) is 4.79 Å². The third-order valence-electron chi connectivity index (χ3n) is 4.76. The molecular weight excluding hydrogens is 389 g/mol. The Labute approximate surface area is 168 Å². The lowest BCUT2D eigenvalue weighted by atomic mass is 9.99. The quantitative estimate of drug-likeness (QED) is 0.770. The van der Waals surface area contributed by atoms with Crippen molar-refractivity contribution in [1.82, 2.24) is 14.4 Å². The van der Waals surface area contributed by atoms with Crippen LogP contribution in [0.3, 0.4) is 0 Å². The van der Waals surface area contributed by atoms with Crippen LogP contribution in [0.5, 0.6) is 0 Å². The van der Waals surface area contributed by atoms with E-state index in [9.17, 15) is 9.59 Å². The Bertz CT molecular complexity index is 852. The Morgan fingerprint density at radius 3 is 2.67 bits per heavy atom. The molecule has 1 aromatic carbocycles. The van der Waals surface area contributed by atoms with Gasteiger partial charge in [-0.25, -0.2) is 4.79 Å². The lowest BCUT2D eigenvalue weighted by molar-refractivity contribution is -0.134. The summed E-state index contributed by atoms with van der Waals surface area (Å²) in [5.74, 6) is -0.147. The number of hydrogen-bond acceptors (Lipinski definition) is 3. The zero-order chi connectivity index (χ0) is 19.6. The monoisotopic (exact) mass is 409 g/mol. The number of likely N-dealkylation sites (N-methyl/N-ethyl adjacent to an activating group) is 1. The molecule has 0 saturated heterocycles. The number of halogens is 2. The van der Waals surface area contributed by atoms with Crippen molar-refractivity contribution in [2.75, 3.05) is 26.7 Å². The average molecular weight is 410 g/mol. The van der Waals surface area contributed by atoms with Gasteiger partial charge < -0.3 is 14.2 Å². The van der Waals surface area contributed by atoms with Crippen LogP contribution in [0.15, 0.2) is 36.5 Å². The average Bonchev–Trinajstić information content (AvgIpc) is 3.15. The number of amides is 2. The summed E-state index contributed by atoms with van der Waals surface area (Å²) >= 11 is 12.3. The van der Waals surface area contributed by atoms with Crippen molar-refractivity contribution in [2.45, 2.75) is 19.5 Å². The fraction of sp³-hybridized carbons (Fsp3) is 0.368. The van der Waals surface area contributed by atoms with E-state index in [1.807, 2.05) is 31.3 Å². The summed E-state index contributed by atoms with van der Waals surface area (Å²) in [6.07, 6.45) is 1.48. The van der Waals surface area contributed by atoms with Crippen LogP contribution in [0.1, 0.15) is 24.2 Å². The predicted octanol–water partition coefficient (Wildman–Crippen LogP) is 3.81. The van der Waals surface area contributed by atoms with E-state index >= 15 is 0 Å². The van der Waals surface area contributed by atoms with Gasteiger partial charge in [-0.05, 0) is 36.8 Å². The Balaban J connectivity index is 1.94. The lowest BCUT2D eigenvalue weighted by Gasteiger charge is -2.38. The molecule has 0 saturated carbocycles. The maximum Gasteiger partial charge on any atom is 0.409 e. The number of nitrogens with zero attached hydrogens (tertiary/aromatic N) is 3. The minimum Gasteiger partial charge on any atom is -0.453 e. The molecule has 0 fully saturated rings. The Morgan fingerprint density at radius 1 is 1.22 bits per heavy atom. The lowest BCUT2D eigenvalue weighted by Crippen LogP contribution is -2.47. The van der Waals surface area contributed by atoms with Crippen LogP contribution in [-0.2, 0) is 16.1 Å². The molecule has 0 unspecified atom stereocenters. The molecule has 8 heteroatoms. The molecule has 0 N–H and O–H groups in total. The van der Waals surface area contributed by atoms with Crippen LogP contribution in [0.2, 0.25) is 10.0 Å². The summed E-state index contributed by atoms with van der Waals surface area (Å²) in [5.41, 5.74) is 1.87. The molecule has 0 spiro atoms. The van der Waals surface area contributed by atoms with Crippen molar-refractivity contribution in [3.63, 3.8) is 0 Å². The molecule has 1 aromatic heterocycles. The van der Waals surface area contributed by atoms with Crippen molar-refractivity contribution in [3.8, 4) is 0 Å². The molecule has 27 heavy (non-hydrogen) atoms. The second-order valence-electron chi connectivity index (χ2n) is 6.27. The highest BCUT2D eigenvalue weighted by Crippen LogP contribution is 2.35. The van der Waals surface area contributed by atoms with Gasteiger partial charge in [0.05, 0.1) is 23.2 Å². The van der Waals surface area contributed by atoms with E-state index in [-0.39, 0.29) is 18.5 Å². The van der Waals surface area contributed by atoms with Crippen LogP contribution in [0, 0.1) is 0 Å². The van der Waals surface area contributed by atoms with Gasteiger partial charge in [-0.1, -0.05) is 29.3 Å². The first-order valence-corrected chi connectivity index (χ1v) is 9.44. The van der Waals surface area contributed by atoms with Crippen LogP contribution >= 0.6 is 23.2 Å². The van der Waals surface area contributed by atoms with Crippen LogP contribution in [-0.4, -0.2) is 53.1 Å². The SMILES string of the molecule is CCN(CC(=O)N1CCn2cccc2[C@@H]1c1ccc(Cl)c(Cl)c1)C(=O)OC. The van der Waals surface area contributed by atoms with Gasteiger partial charge in [0.25, 0.3) is 0 Å². The van der Waals surface area contributed by atoms with Crippen LogP contribution < -0.4 is 0 Å². The van der Waals surface area contributed by atoms with Gasteiger partial charge in [-0.2, -0.15) is 0 Å². The predicted molar refractivity (Wildman–Crippen MR) is 104 cm³/mol. The third kappa shape index (κ3) is 3.92. The summed E-state index contributed by atoms with van der Waals surface area (Å²) in [6, 6.07) is 9.05. The fourth-order valence-electron chi connectivity index (χ4n) is 3.37. The zero-order valence-electron chi connectivity index (χ0n) is 15.2. The minimum absolute atomic E-state index is 0.0400. The number of benzene rings is 1. The van der Waals surface area contributed by atoms with E-state index in [1.54, 1.807) is 17.0 Å². The molecule has 1 aliphatic heterocycles. The number of rotatable bonds is 4. The molecule has 2 amide bonds. The standard InChI is InChI=1S/C19H21Cl2N3O3/c1-3-22(19(26)27-2)12-17(25)24-10-9-23-8-4-5-16(23)18(24)13-6-7-14(20)15(21)11-13/h4-8,11,18H,3,9-10,12H2,1-2H3/t18-/m0/s1. The highest BCUT2D eigenvalue weighted by Gasteiger charge is 2.33. The van der Waals surface area contributed by atoms with Gasteiger partial charge in [0, 0.05) is 31.5 Å². The molecule has 0 bridgehead atoms. The summed E-state index contributed by atoms with van der Waals surface area (Å²) in [6.45, 7) is 3.38. The molecule has 1 aliphatic rings. The van der Waals surface area contributed by atoms with Crippen molar-refractivity contribution in [1.29, 1.82) is 0 Å². The number of carbonyl (C=O) groups excluding carboxylic acids is 2. The molecule has 144 valence electrons. The fourth-order valence-corrected chi connectivity index (χ4v) is 3.68. The topological polar surface area (TPSA) is 54.8 Å². The molecule has 1 atom stereocenters. The zero-order valence-corrected chi connectivity index (χ0v) is 16.7. The second-order valence-corrected chi connectivity index (χ2v) is 7.09. The van der Waals surface area contributed by atoms with E-state index in [2.05, 4.69) is 4.57 Å². The molecular formula is C19H21Cl2N3O3. The molecule has 0 radical (unpaired) electrons. The van der Waals surface area contributed by atoms with E-state index in [1.165, 1.54) is 12.0 Å². The van der Waals surface area contributed by atoms with Gasteiger partial charge in [0.15, 0.2) is 0 Å². The van der Waals surface area contributed by atoms with E-state index < -0.39 is 6.09 Å². The van der Waals surface area contributed by atoms with Gasteiger partial charge in [0.1, 0.15) is 6.54 Å². The van der Waals surface area contributed by atoms with Crippen LogP contribution in [0.25, 0.3) is 0 Å². The van der Waals surface area contributed by atoms with Crippen molar-refractivity contribution in [2.24, 2.45) is 0 Å². The van der Waals surface area contributed by atoms with Crippen molar-refractivity contribution >= 4 is 35.2 Å². The molecule has 0 aliphatic carbocycles. The number of carbonyl (C=O) groups is 2. The van der Waals surface area contributed by atoms with Crippen molar-refractivity contribution < 1.29 is 14.3 Å². The largest absolute Gasteiger partial charge is 0.453 e. The minimum atomic E-state index is -0.516. The molecule has 2 heterocycles. The molecule has 2 aromatic rings. The number of fused-ring (bicyclic) bond motifs is 1. The van der Waals surface area contributed by atoms with E-state index in [0.717, 1.165) is 11.3 Å². The van der Waals surface area contributed by atoms with Crippen molar-refractivity contribution in [3.05, 3.63) is 57.8 Å². The first-order chi connectivity index (χ1) is 13.0. The molecule has 3 rings (SSSR count). The van der Waals surface area contributed by atoms with E-state index in [4.69, 9.17) is 27.9 Å². The normalized spacial score (nSPS) is 16.0. The summed E-state index contributed by atoms with van der Waals surface area (Å²) in [7, 11) is 1.31. The number of aromatic nitrogens is 1. The van der Waals surface area contributed by atoms with Gasteiger partial charge in [-0.15, -0.1) is 0 Å². The summed E-state index contributed by atoms with van der Waals surface area (Å²) in [5, 5.41) is 0.905. The number of ether oxygens (including phenoxy) is 1. The maximum absolute atomic E-state index is 13.1. The first kappa shape index (κ1) is 19.6. The number of hydrogen-bond donors (Lipinski definition) is 0. The summed E-state index contributed by atoms with van der Waals surface area (Å²) < 4.78 is 6.88. The van der Waals surface area contributed by atoms with E-state index in [0.29, 0.717) is 29.7 Å². The Hall–Kier alpha value is -2.18. The maximum atomic E-state index is 13.1. The Morgan fingerprint density at radius 2 is 2.00 bits per heavy atom.